The number of benzene rings is 1. The molecule has 1 N–H and O–H groups in total. The maximum atomic E-state index is 15.3. The van der Waals surface area contributed by atoms with E-state index in [-0.39, 0.29) is 18.9 Å². The van der Waals surface area contributed by atoms with Gasteiger partial charge >= 0.3 is 12.1 Å². The fraction of sp³-hybridized carbons (Fsp3) is 0.680. The van der Waals surface area contributed by atoms with E-state index in [1.54, 1.807) is 4.90 Å². The van der Waals surface area contributed by atoms with E-state index in [9.17, 15) is 27.9 Å². The van der Waals surface area contributed by atoms with Crippen LogP contribution in [0, 0.1) is 5.92 Å². The van der Waals surface area contributed by atoms with Crippen LogP contribution in [-0.2, 0) is 15.8 Å². The Hall–Kier alpha value is -2.36. The first-order valence-electron chi connectivity index (χ1n) is 12.4. The van der Waals surface area contributed by atoms with Gasteiger partial charge in [-0.2, -0.15) is 13.2 Å². The molecule has 0 unspecified atom stereocenters. The van der Waals surface area contributed by atoms with Crippen LogP contribution < -0.4 is 4.90 Å². The topological polar surface area (TPSA) is 64.1 Å². The summed E-state index contributed by atoms with van der Waals surface area (Å²) in [7, 11) is 0. The van der Waals surface area contributed by atoms with Crippen LogP contribution in [-0.4, -0.2) is 78.3 Å². The summed E-state index contributed by atoms with van der Waals surface area (Å²) in [5, 5.41) is 9.27. The lowest BCUT2D eigenvalue weighted by Gasteiger charge is -2.38. The molecule has 1 amide bonds. The first kappa shape index (κ1) is 25.7. The summed E-state index contributed by atoms with van der Waals surface area (Å²) < 4.78 is 55.7. The highest BCUT2D eigenvalue weighted by molar-refractivity contribution is 5.86. The number of halogens is 4. The number of anilines is 1. The van der Waals surface area contributed by atoms with Crippen LogP contribution >= 0.6 is 0 Å². The maximum absolute atomic E-state index is 15.3. The molecule has 0 spiro atoms. The van der Waals surface area contributed by atoms with Gasteiger partial charge in [0.1, 0.15) is 0 Å². The van der Waals surface area contributed by atoms with Crippen LogP contribution in [0.15, 0.2) is 18.2 Å². The van der Waals surface area contributed by atoms with Crippen molar-refractivity contribution in [1.29, 1.82) is 0 Å². The van der Waals surface area contributed by atoms with Gasteiger partial charge in [-0.3, -0.25) is 14.5 Å². The molecule has 1 aromatic rings. The van der Waals surface area contributed by atoms with Crippen LogP contribution in [0.1, 0.15) is 56.1 Å². The molecule has 3 heterocycles. The number of alkyl halides is 4. The molecule has 3 aliphatic rings. The molecule has 4 rings (SSSR count). The smallest absolute Gasteiger partial charge is 0.416 e. The predicted molar refractivity (Wildman–Crippen MR) is 123 cm³/mol. The van der Waals surface area contributed by atoms with Gasteiger partial charge < -0.3 is 14.9 Å². The molecule has 1 aromatic carbocycles. The summed E-state index contributed by atoms with van der Waals surface area (Å²) in [5.74, 6) is -1.89. The number of carbonyl (C=O) groups excluding carboxylic acids is 1. The summed E-state index contributed by atoms with van der Waals surface area (Å²) in [5.41, 5.74) is -1.32. The molecule has 0 aliphatic carbocycles. The van der Waals surface area contributed by atoms with Crippen molar-refractivity contribution < 1.29 is 32.3 Å². The Kier molecular flexibility index (Phi) is 7.31. The number of aliphatic carboxylic acids is 1. The van der Waals surface area contributed by atoms with E-state index in [1.165, 1.54) is 12.1 Å². The minimum absolute atomic E-state index is 0.0557. The maximum Gasteiger partial charge on any atom is 0.416 e. The lowest BCUT2D eigenvalue weighted by molar-refractivity contribution is -0.144. The Morgan fingerprint density at radius 1 is 1.06 bits per heavy atom. The van der Waals surface area contributed by atoms with Gasteiger partial charge in [0.05, 0.1) is 11.5 Å². The summed E-state index contributed by atoms with van der Waals surface area (Å²) >= 11 is 0. The second-order valence-corrected chi connectivity index (χ2v) is 10.0. The molecular formula is C25H33F4N3O3. The standard InChI is InChI=1S/C25H33F4N3O3/c1-2-30-14-9-24(26,16-30)23(35)32-12-5-17(6-13-32)20-4-3-19(25(27,28)29)15-21(20)31-10-7-18(8-11-31)22(33)34/h3-4,15,17-18H,2,5-14,16H2,1H3,(H,33,34)/t24-/m1/s1. The molecule has 0 saturated carbocycles. The zero-order valence-electron chi connectivity index (χ0n) is 20.0. The van der Waals surface area contributed by atoms with E-state index >= 15 is 4.39 Å². The van der Waals surface area contributed by atoms with Gasteiger partial charge in [-0.05, 0) is 55.8 Å². The number of carboxylic acids is 1. The molecule has 3 saturated heterocycles. The van der Waals surface area contributed by atoms with Gasteiger partial charge in [-0.1, -0.05) is 13.0 Å². The van der Waals surface area contributed by atoms with Crippen LogP contribution in [0.25, 0.3) is 0 Å². The highest BCUT2D eigenvalue weighted by atomic mass is 19.4. The average Bonchev–Trinajstić information content (AvgIpc) is 3.25. The van der Waals surface area contributed by atoms with E-state index in [0.29, 0.717) is 70.6 Å². The molecule has 3 fully saturated rings. The highest BCUT2D eigenvalue weighted by Gasteiger charge is 2.47. The molecule has 10 heteroatoms. The summed E-state index contributed by atoms with van der Waals surface area (Å²) in [6.45, 7) is 4.78. The van der Waals surface area contributed by atoms with Crippen molar-refractivity contribution >= 4 is 17.6 Å². The Balaban J connectivity index is 1.49. The second kappa shape index (κ2) is 9.95. The Morgan fingerprint density at radius 3 is 2.26 bits per heavy atom. The molecule has 0 bridgehead atoms. The third-order valence-corrected chi connectivity index (χ3v) is 7.89. The number of piperidine rings is 2. The summed E-state index contributed by atoms with van der Waals surface area (Å²) in [6.07, 6.45) is -2.44. The number of nitrogens with zero attached hydrogens (tertiary/aromatic N) is 3. The Morgan fingerprint density at radius 2 is 1.71 bits per heavy atom. The Labute approximate surface area is 202 Å². The van der Waals surface area contributed by atoms with Crippen LogP contribution in [0.4, 0.5) is 23.2 Å². The van der Waals surface area contributed by atoms with Gasteiger partial charge in [0.15, 0.2) is 0 Å². The molecule has 35 heavy (non-hydrogen) atoms. The molecule has 194 valence electrons. The largest absolute Gasteiger partial charge is 0.481 e. The first-order chi connectivity index (χ1) is 16.5. The minimum atomic E-state index is -4.48. The summed E-state index contributed by atoms with van der Waals surface area (Å²) in [4.78, 5) is 29.6. The van der Waals surface area contributed by atoms with Crippen molar-refractivity contribution in [1.82, 2.24) is 9.80 Å². The van der Waals surface area contributed by atoms with E-state index in [1.807, 2.05) is 16.7 Å². The fourth-order valence-electron chi connectivity index (χ4n) is 5.68. The number of hydrogen-bond donors (Lipinski definition) is 1. The molecular weight excluding hydrogens is 466 g/mol. The van der Waals surface area contributed by atoms with E-state index < -0.39 is 35.2 Å². The van der Waals surface area contributed by atoms with Crippen molar-refractivity contribution in [3.63, 3.8) is 0 Å². The number of likely N-dealkylation sites (tertiary alicyclic amines) is 2. The number of rotatable bonds is 5. The van der Waals surface area contributed by atoms with Gasteiger partial charge in [-0.15, -0.1) is 0 Å². The number of hydrogen-bond acceptors (Lipinski definition) is 4. The van der Waals surface area contributed by atoms with Crippen LogP contribution in [0.2, 0.25) is 0 Å². The van der Waals surface area contributed by atoms with Gasteiger partial charge in [0.2, 0.25) is 5.67 Å². The fourth-order valence-corrected chi connectivity index (χ4v) is 5.68. The van der Waals surface area contributed by atoms with Crippen LogP contribution in [0.3, 0.4) is 0 Å². The summed E-state index contributed by atoms with van der Waals surface area (Å²) in [6, 6.07) is 3.79. The molecule has 1 atom stereocenters. The van der Waals surface area contributed by atoms with Crippen LogP contribution in [0.5, 0.6) is 0 Å². The van der Waals surface area contributed by atoms with Gasteiger partial charge in [-0.25, -0.2) is 4.39 Å². The normalized spacial score (nSPS) is 25.3. The van der Waals surface area contributed by atoms with Gasteiger partial charge in [0.25, 0.3) is 5.91 Å². The minimum Gasteiger partial charge on any atom is -0.481 e. The van der Waals surface area contributed by atoms with E-state index in [4.69, 9.17) is 0 Å². The second-order valence-electron chi connectivity index (χ2n) is 10.0. The van der Waals surface area contributed by atoms with Crippen molar-refractivity contribution in [2.75, 3.05) is 50.7 Å². The number of amides is 1. The highest BCUT2D eigenvalue weighted by Crippen LogP contribution is 2.41. The monoisotopic (exact) mass is 499 g/mol. The zero-order valence-corrected chi connectivity index (χ0v) is 20.0. The van der Waals surface area contributed by atoms with Crippen molar-refractivity contribution in [2.45, 2.75) is 56.8 Å². The van der Waals surface area contributed by atoms with E-state index in [2.05, 4.69) is 0 Å². The van der Waals surface area contributed by atoms with Crippen molar-refractivity contribution in [2.24, 2.45) is 5.92 Å². The van der Waals surface area contributed by atoms with Crippen molar-refractivity contribution in [3.8, 4) is 0 Å². The third kappa shape index (κ3) is 5.42. The average molecular weight is 500 g/mol. The van der Waals surface area contributed by atoms with E-state index in [0.717, 1.165) is 11.6 Å². The Bertz CT molecular complexity index is 940. The molecule has 0 aromatic heterocycles. The lowest BCUT2D eigenvalue weighted by Crippen LogP contribution is -2.50. The molecule has 3 aliphatic heterocycles. The zero-order chi connectivity index (χ0) is 25.4. The van der Waals surface area contributed by atoms with Crippen molar-refractivity contribution in [3.05, 3.63) is 29.3 Å². The lowest BCUT2D eigenvalue weighted by atomic mass is 9.86. The number of carbonyl (C=O) groups is 2. The first-order valence-corrected chi connectivity index (χ1v) is 12.4. The SMILES string of the molecule is CCN1CC[C@](F)(C(=O)N2CCC(c3ccc(C(F)(F)F)cc3N3CCC(C(=O)O)CC3)CC2)C1. The molecule has 0 radical (unpaired) electrons. The van der Waals surface area contributed by atoms with Gasteiger partial charge in [0, 0.05) is 51.4 Å². The predicted octanol–water partition coefficient (Wildman–Crippen LogP) is 4.15. The molecule has 6 nitrogen and oxygen atoms in total. The number of carboxylic acid groups (broad SMARTS) is 1. The third-order valence-electron chi connectivity index (χ3n) is 7.89. The quantitative estimate of drug-likeness (QED) is 0.617.